The Morgan fingerprint density at radius 3 is 2.57 bits per heavy atom. The minimum atomic E-state index is -0.169. The van der Waals surface area contributed by atoms with Crippen molar-refractivity contribution in [2.75, 3.05) is 31.5 Å². The molecule has 3 heterocycles. The number of amides is 2. The first kappa shape index (κ1) is 20.2. The summed E-state index contributed by atoms with van der Waals surface area (Å²) < 4.78 is 0. The van der Waals surface area contributed by atoms with E-state index >= 15 is 0 Å². The van der Waals surface area contributed by atoms with Gasteiger partial charge in [-0.3, -0.25) is 9.59 Å². The molecule has 0 aromatic carbocycles. The fourth-order valence-electron chi connectivity index (χ4n) is 3.15. The molecule has 2 saturated heterocycles. The number of likely N-dealkylation sites (tertiary alicyclic amines) is 1. The molecule has 6 nitrogen and oxygen atoms in total. The highest BCUT2D eigenvalue weighted by Crippen LogP contribution is 2.37. The SMILES string of the molecule is CC(=O)Nc1nc(C(=O)N2CCC3(CCNC3)CC2)cs1.Cl.Cl. The zero-order valence-electron chi connectivity index (χ0n) is 13.0. The number of halogens is 2. The van der Waals surface area contributed by atoms with Crippen molar-refractivity contribution in [3.63, 3.8) is 0 Å². The maximum absolute atomic E-state index is 12.4. The summed E-state index contributed by atoms with van der Waals surface area (Å²) in [7, 11) is 0. The standard InChI is InChI=1S/C14H20N4O2S.2ClH/c1-10(19)16-13-17-11(8-21-13)12(20)18-6-3-14(4-7-18)2-5-15-9-14;;/h8,15H,2-7,9H2,1H3,(H,16,17,19);2*1H. The van der Waals surface area contributed by atoms with Crippen LogP contribution in [0.1, 0.15) is 36.7 Å². The highest BCUT2D eigenvalue weighted by molar-refractivity contribution is 7.14. The number of carbonyl (C=O) groups excluding carboxylic acids is 2. The molecule has 130 valence electrons. The number of anilines is 1. The Labute approximate surface area is 152 Å². The summed E-state index contributed by atoms with van der Waals surface area (Å²) >= 11 is 1.29. The van der Waals surface area contributed by atoms with Gasteiger partial charge in [0.15, 0.2) is 5.13 Å². The quantitative estimate of drug-likeness (QED) is 0.824. The largest absolute Gasteiger partial charge is 0.337 e. The number of rotatable bonds is 2. The fourth-order valence-corrected chi connectivity index (χ4v) is 3.88. The van der Waals surface area contributed by atoms with Crippen LogP contribution in [-0.2, 0) is 4.79 Å². The maximum atomic E-state index is 12.4. The van der Waals surface area contributed by atoms with E-state index in [1.165, 1.54) is 24.7 Å². The van der Waals surface area contributed by atoms with Gasteiger partial charge in [-0.15, -0.1) is 36.2 Å². The summed E-state index contributed by atoms with van der Waals surface area (Å²) in [5.74, 6) is -0.194. The second kappa shape index (κ2) is 8.28. The second-order valence-corrected chi connectivity index (χ2v) is 6.80. The zero-order chi connectivity index (χ0) is 14.9. The van der Waals surface area contributed by atoms with Gasteiger partial charge in [0.05, 0.1) is 0 Å². The molecule has 1 spiro atoms. The first-order chi connectivity index (χ1) is 10.1. The Hall–Kier alpha value is -0.890. The van der Waals surface area contributed by atoms with Gasteiger partial charge in [-0.25, -0.2) is 4.98 Å². The van der Waals surface area contributed by atoms with Crippen molar-refractivity contribution in [3.05, 3.63) is 11.1 Å². The lowest BCUT2D eigenvalue weighted by Gasteiger charge is -2.38. The van der Waals surface area contributed by atoms with E-state index in [2.05, 4.69) is 15.6 Å². The first-order valence-electron chi connectivity index (χ1n) is 7.31. The number of hydrogen-bond donors (Lipinski definition) is 2. The monoisotopic (exact) mass is 380 g/mol. The van der Waals surface area contributed by atoms with Crippen LogP contribution in [0.5, 0.6) is 0 Å². The van der Waals surface area contributed by atoms with Crippen LogP contribution in [-0.4, -0.2) is 47.9 Å². The number of thiazole rings is 1. The number of nitrogens with zero attached hydrogens (tertiary/aromatic N) is 2. The van der Waals surface area contributed by atoms with Gasteiger partial charge in [-0.1, -0.05) is 0 Å². The summed E-state index contributed by atoms with van der Waals surface area (Å²) in [5, 5.41) is 8.24. The molecule has 1 aromatic rings. The molecule has 2 fully saturated rings. The fraction of sp³-hybridized carbons (Fsp3) is 0.643. The van der Waals surface area contributed by atoms with E-state index in [0.717, 1.165) is 39.0 Å². The second-order valence-electron chi connectivity index (χ2n) is 5.94. The first-order valence-corrected chi connectivity index (χ1v) is 8.19. The molecule has 3 rings (SSSR count). The molecule has 1 aromatic heterocycles. The number of aromatic nitrogens is 1. The van der Waals surface area contributed by atoms with Gasteiger partial charge >= 0.3 is 0 Å². The van der Waals surface area contributed by atoms with Crippen molar-refractivity contribution in [2.45, 2.75) is 26.2 Å². The van der Waals surface area contributed by atoms with Gasteiger partial charge in [-0.2, -0.15) is 0 Å². The third-order valence-corrected chi connectivity index (χ3v) is 5.21. The van der Waals surface area contributed by atoms with E-state index in [-0.39, 0.29) is 36.6 Å². The third-order valence-electron chi connectivity index (χ3n) is 4.45. The maximum Gasteiger partial charge on any atom is 0.273 e. The predicted molar refractivity (Wildman–Crippen MR) is 96.0 cm³/mol. The topological polar surface area (TPSA) is 74.3 Å². The van der Waals surface area contributed by atoms with Gasteiger partial charge in [0.25, 0.3) is 5.91 Å². The van der Waals surface area contributed by atoms with Crippen LogP contribution in [0.2, 0.25) is 0 Å². The molecule has 0 atom stereocenters. The van der Waals surface area contributed by atoms with Gasteiger partial charge in [0.2, 0.25) is 5.91 Å². The van der Waals surface area contributed by atoms with E-state index in [1.54, 1.807) is 5.38 Å². The highest BCUT2D eigenvalue weighted by atomic mass is 35.5. The van der Waals surface area contributed by atoms with Crippen molar-refractivity contribution in [1.82, 2.24) is 15.2 Å². The average molecular weight is 381 g/mol. The minimum Gasteiger partial charge on any atom is -0.337 e. The number of piperidine rings is 1. The Balaban J connectivity index is 0.00000132. The van der Waals surface area contributed by atoms with E-state index in [1.807, 2.05) is 4.90 Å². The number of hydrogen-bond acceptors (Lipinski definition) is 5. The predicted octanol–water partition coefficient (Wildman–Crippen LogP) is 2.16. The highest BCUT2D eigenvalue weighted by Gasteiger charge is 2.38. The molecule has 2 amide bonds. The summed E-state index contributed by atoms with van der Waals surface area (Å²) in [5.41, 5.74) is 0.837. The lowest BCUT2D eigenvalue weighted by atomic mass is 9.78. The van der Waals surface area contributed by atoms with E-state index in [0.29, 0.717) is 16.2 Å². The molecule has 0 saturated carbocycles. The summed E-state index contributed by atoms with van der Waals surface area (Å²) in [6, 6.07) is 0. The molecule has 0 radical (unpaired) electrons. The van der Waals surface area contributed by atoms with Gasteiger partial charge < -0.3 is 15.5 Å². The van der Waals surface area contributed by atoms with Crippen molar-refractivity contribution in [3.8, 4) is 0 Å². The Kier molecular flexibility index (Phi) is 7.26. The van der Waals surface area contributed by atoms with E-state index in [4.69, 9.17) is 0 Å². The molecule has 2 N–H and O–H groups in total. The molecule has 0 unspecified atom stereocenters. The molecule has 2 aliphatic heterocycles. The Bertz CT molecular complexity index is 551. The summed E-state index contributed by atoms with van der Waals surface area (Å²) in [6.07, 6.45) is 3.35. The van der Waals surface area contributed by atoms with Crippen LogP contribution in [0, 0.1) is 5.41 Å². The third kappa shape index (κ3) is 4.56. The molecular weight excluding hydrogens is 359 g/mol. The lowest BCUT2D eigenvalue weighted by molar-refractivity contribution is -0.114. The van der Waals surface area contributed by atoms with Crippen molar-refractivity contribution >= 4 is 53.1 Å². The molecule has 9 heteroatoms. The summed E-state index contributed by atoms with van der Waals surface area (Å²) in [4.78, 5) is 29.5. The van der Waals surface area contributed by atoms with Gasteiger partial charge in [0.1, 0.15) is 5.69 Å². The Morgan fingerprint density at radius 2 is 2.00 bits per heavy atom. The van der Waals surface area contributed by atoms with Crippen LogP contribution in [0.4, 0.5) is 5.13 Å². The van der Waals surface area contributed by atoms with Crippen LogP contribution in [0.15, 0.2) is 5.38 Å². The van der Waals surface area contributed by atoms with E-state index in [9.17, 15) is 9.59 Å². The van der Waals surface area contributed by atoms with E-state index < -0.39 is 0 Å². The lowest BCUT2D eigenvalue weighted by Crippen LogP contribution is -2.44. The smallest absolute Gasteiger partial charge is 0.273 e. The summed E-state index contributed by atoms with van der Waals surface area (Å²) in [6.45, 7) is 5.21. The molecule has 2 aliphatic rings. The number of nitrogens with one attached hydrogen (secondary N) is 2. The Morgan fingerprint density at radius 1 is 1.30 bits per heavy atom. The van der Waals surface area contributed by atoms with Crippen molar-refractivity contribution < 1.29 is 9.59 Å². The van der Waals surface area contributed by atoms with Crippen LogP contribution in [0.3, 0.4) is 0 Å². The normalized spacial score (nSPS) is 18.9. The zero-order valence-corrected chi connectivity index (χ0v) is 15.4. The van der Waals surface area contributed by atoms with Crippen molar-refractivity contribution in [2.24, 2.45) is 5.41 Å². The van der Waals surface area contributed by atoms with Gasteiger partial charge in [-0.05, 0) is 31.2 Å². The molecule has 0 bridgehead atoms. The molecule has 0 aliphatic carbocycles. The van der Waals surface area contributed by atoms with Crippen LogP contribution in [0.25, 0.3) is 0 Å². The van der Waals surface area contributed by atoms with Crippen molar-refractivity contribution in [1.29, 1.82) is 0 Å². The number of carbonyl (C=O) groups is 2. The molecular formula is C14H22Cl2N4O2S. The van der Waals surface area contributed by atoms with Crippen LogP contribution >= 0.6 is 36.2 Å². The van der Waals surface area contributed by atoms with Gasteiger partial charge in [0, 0.05) is 31.9 Å². The average Bonchev–Trinajstić information content (AvgIpc) is 3.09. The minimum absolute atomic E-state index is 0. The van der Waals surface area contributed by atoms with Crippen LogP contribution < -0.4 is 10.6 Å². The molecule has 23 heavy (non-hydrogen) atoms.